The summed E-state index contributed by atoms with van der Waals surface area (Å²) in [5.74, 6) is 6.55. The molecule has 0 radical (unpaired) electrons. The number of amides is 1. The van der Waals surface area contributed by atoms with Gasteiger partial charge < -0.3 is 10.6 Å². The molecule has 0 fully saturated rings. The molecule has 0 bridgehead atoms. The Kier molecular flexibility index (Phi) is 6.80. The topological polar surface area (TPSA) is 46.3 Å². The predicted molar refractivity (Wildman–Crippen MR) is 91.1 cm³/mol. The van der Waals surface area contributed by atoms with Gasteiger partial charge in [0, 0.05) is 23.9 Å². The van der Waals surface area contributed by atoms with Crippen LogP contribution in [0.3, 0.4) is 0 Å². The fourth-order valence-electron chi connectivity index (χ4n) is 1.66. The summed E-state index contributed by atoms with van der Waals surface area (Å²) in [6.45, 7) is 7.25. The van der Waals surface area contributed by atoms with Crippen LogP contribution in [0.2, 0.25) is 0 Å². The Labute approximate surface area is 132 Å². The first-order valence-electron chi connectivity index (χ1n) is 6.98. The highest BCUT2D eigenvalue weighted by Gasteiger charge is 2.16. The van der Waals surface area contributed by atoms with Crippen LogP contribution in [0.25, 0.3) is 0 Å². The van der Waals surface area contributed by atoms with Crippen molar-refractivity contribution in [2.45, 2.75) is 32.1 Å². The van der Waals surface area contributed by atoms with Gasteiger partial charge in [0.05, 0.1) is 12.3 Å². The van der Waals surface area contributed by atoms with E-state index in [0.717, 1.165) is 11.1 Å². The summed E-state index contributed by atoms with van der Waals surface area (Å²) in [5.41, 5.74) is 7.40. The van der Waals surface area contributed by atoms with Gasteiger partial charge in [-0.15, -0.1) is 11.8 Å². The van der Waals surface area contributed by atoms with Gasteiger partial charge in [-0.05, 0) is 11.6 Å². The normalized spacial score (nSPS) is 10.7. The Hall–Kier alpha value is -1.44. The molecule has 114 valence electrons. The summed E-state index contributed by atoms with van der Waals surface area (Å²) in [7, 11) is 1.83. The summed E-state index contributed by atoms with van der Waals surface area (Å²) in [6.07, 6.45) is 0. The summed E-state index contributed by atoms with van der Waals surface area (Å²) in [6, 6.07) is 7.87. The van der Waals surface area contributed by atoms with Crippen molar-refractivity contribution in [3.05, 3.63) is 35.4 Å². The molecule has 4 heteroatoms. The van der Waals surface area contributed by atoms with Crippen molar-refractivity contribution in [3.63, 3.8) is 0 Å². The summed E-state index contributed by atoms with van der Waals surface area (Å²) in [5, 5.41) is 0. The van der Waals surface area contributed by atoms with Crippen molar-refractivity contribution >= 4 is 17.7 Å². The van der Waals surface area contributed by atoms with Crippen LogP contribution < -0.4 is 5.73 Å². The van der Waals surface area contributed by atoms with Gasteiger partial charge in [0.2, 0.25) is 5.91 Å². The van der Waals surface area contributed by atoms with E-state index in [4.69, 9.17) is 5.73 Å². The van der Waals surface area contributed by atoms with E-state index in [1.165, 1.54) is 0 Å². The first kappa shape index (κ1) is 17.6. The summed E-state index contributed by atoms with van der Waals surface area (Å²) in [4.78, 5) is 13.9. The smallest absolute Gasteiger partial charge is 0.232 e. The number of carbonyl (C=O) groups is 1. The molecular weight excluding hydrogens is 280 g/mol. The van der Waals surface area contributed by atoms with Crippen molar-refractivity contribution in [3.8, 4) is 11.8 Å². The maximum atomic E-state index is 12.2. The second-order valence-corrected chi connectivity index (χ2v) is 7.62. The molecule has 0 spiro atoms. The van der Waals surface area contributed by atoms with Gasteiger partial charge in [-0.2, -0.15) is 0 Å². The molecule has 0 saturated heterocycles. The molecule has 0 atom stereocenters. The zero-order chi connectivity index (χ0) is 15.9. The molecule has 0 aliphatic heterocycles. The summed E-state index contributed by atoms with van der Waals surface area (Å²) >= 11 is 1.66. The molecule has 3 nitrogen and oxygen atoms in total. The van der Waals surface area contributed by atoms with Crippen molar-refractivity contribution in [2.24, 2.45) is 5.73 Å². The number of carbonyl (C=O) groups excluding carboxylic acids is 1. The van der Waals surface area contributed by atoms with E-state index in [9.17, 15) is 4.79 Å². The Morgan fingerprint density at radius 3 is 2.62 bits per heavy atom. The Balaban J connectivity index is 2.70. The third-order valence-electron chi connectivity index (χ3n) is 2.80. The molecule has 1 amide bonds. The Morgan fingerprint density at radius 2 is 2.00 bits per heavy atom. The van der Waals surface area contributed by atoms with Gasteiger partial charge in [0.15, 0.2) is 0 Å². The van der Waals surface area contributed by atoms with Gasteiger partial charge >= 0.3 is 0 Å². The minimum absolute atomic E-state index is 0.0982. The molecule has 0 aliphatic carbocycles. The molecule has 2 N–H and O–H groups in total. The Bertz CT molecular complexity index is 538. The molecule has 0 aliphatic rings. The fraction of sp³-hybridized carbons (Fsp3) is 0.471. The predicted octanol–water partition coefficient (Wildman–Crippen LogP) is 2.49. The van der Waals surface area contributed by atoms with Crippen LogP contribution >= 0.6 is 11.8 Å². The van der Waals surface area contributed by atoms with Gasteiger partial charge in [-0.1, -0.05) is 50.8 Å². The number of rotatable bonds is 4. The number of hydrogen-bond donors (Lipinski definition) is 1. The second-order valence-electron chi connectivity index (χ2n) is 5.81. The monoisotopic (exact) mass is 304 g/mol. The lowest BCUT2D eigenvalue weighted by Crippen LogP contribution is -2.29. The molecule has 21 heavy (non-hydrogen) atoms. The number of nitrogens with two attached hydrogens (primary N) is 1. The number of thioether (sulfide) groups is 1. The molecule has 1 aromatic carbocycles. The van der Waals surface area contributed by atoms with Crippen LogP contribution in [0.5, 0.6) is 0 Å². The number of hydrogen-bond acceptors (Lipinski definition) is 3. The highest BCUT2D eigenvalue weighted by atomic mass is 32.2. The van der Waals surface area contributed by atoms with Gasteiger partial charge in [0.25, 0.3) is 0 Å². The maximum absolute atomic E-state index is 12.2. The molecule has 1 aromatic rings. The van der Waals surface area contributed by atoms with Crippen LogP contribution in [0.1, 0.15) is 31.9 Å². The Morgan fingerprint density at radius 1 is 1.33 bits per heavy atom. The molecule has 1 rings (SSSR count). The van der Waals surface area contributed by atoms with Crippen LogP contribution in [-0.2, 0) is 11.3 Å². The van der Waals surface area contributed by atoms with Crippen LogP contribution in [-0.4, -0.2) is 34.9 Å². The largest absolute Gasteiger partial charge is 0.341 e. The van der Waals surface area contributed by atoms with Crippen molar-refractivity contribution in [1.82, 2.24) is 4.90 Å². The van der Waals surface area contributed by atoms with Crippen LogP contribution in [0, 0.1) is 11.8 Å². The van der Waals surface area contributed by atoms with E-state index in [-0.39, 0.29) is 10.7 Å². The quantitative estimate of drug-likeness (QED) is 0.869. The average molecular weight is 304 g/mol. The maximum Gasteiger partial charge on any atom is 0.232 e. The van der Waals surface area contributed by atoms with Gasteiger partial charge in [-0.3, -0.25) is 4.79 Å². The lowest BCUT2D eigenvalue weighted by atomic mass is 10.1. The van der Waals surface area contributed by atoms with Crippen molar-refractivity contribution in [1.29, 1.82) is 0 Å². The SMILES string of the molecule is CN(Cc1ccccc1C#CCN)C(=O)CSC(C)(C)C. The second kappa shape index (κ2) is 8.11. The lowest BCUT2D eigenvalue weighted by molar-refractivity contribution is -0.127. The zero-order valence-electron chi connectivity index (χ0n) is 13.3. The standard InChI is InChI=1S/C17H24N2OS/c1-17(2,3)21-13-16(20)19(4)12-15-9-6-5-8-14(15)10-7-11-18/h5-6,8-9H,11-13,18H2,1-4H3. The van der Waals surface area contributed by atoms with Crippen molar-refractivity contribution in [2.75, 3.05) is 19.3 Å². The molecular formula is C17H24N2OS. The fourth-order valence-corrected chi connectivity index (χ4v) is 2.44. The zero-order valence-corrected chi connectivity index (χ0v) is 14.1. The average Bonchev–Trinajstić information content (AvgIpc) is 2.43. The highest BCUT2D eigenvalue weighted by Crippen LogP contribution is 2.23. The van der Waals surface area contributed by atoms with E-state index in [0.29, 0.717) is 18.8 Å². The molecule has 0 heterocycles. The molecule has 0 aromatic heterocycles. The van der Waals surface area contributed by atoms with Crippen LogP contribution in [0.15, 0.2) is 24.3 Å². The number of nitrogens with zero attached hydrogens (tertiary/aromatic N) is 1. The highest BCUT2D eigenvalue weighted by molar-refractivity contribution is 8.01. The first-order chi connectivity index (χ1) is 9.83. The van der Waals surface area contributed by atoms with E-state index in [1.54, 1.807) is 16.7 Å². The third kappa shape index (κ3) is 6.70. The minimum Gasteiger partial charge on any atom is -0.341 e. The van der Waals surface area contributed by atoms with Gasteiger partial charge in [0.1, 0.15) is 0 Å². The van der Waals surface area contributed by atoms with E-state index >= 15 is 0 Å². The lowest BCUT2D eigenvalue weighted by Gasteiger charge is -2.21. The minimum atomic E-state index is 0.0982. The van der Waals surface area contributed by atoms with Crippen molar-refractivity contribution < 1.29 is 4.79 Å². The van der Waals surface area contributed by atoms with Crippen LogP contribution in [0.4, 0.5) is 0 Å². The summed E-state index contributed by atoms with van der Waals surface area (Å²) < 4.78 is 0.0982. The third-order valence-corrected chi connectivity index (χ3v) is 4.06. The van der Waals surface area contributed by atoms with E-state index in [1.807, 2.05) is 31.3 Å². The van der Waals surface area contributed by atoms with E-state index < -0.39 is 0 Å². The van der Waals surface area contributed by atoms with E-state index in [2.05, 4.69) is 32.6 Å². The first-order valence-corrected chi connectivity index (χ1v) is 7.97. The van der Waals surface area contributed by atoms with Gasteiger partial charge in [-0.25, -0.2) is 0 Å². The molecule has 0 saturated carbocycles. The molecule has 0 unspecified atom stereocenters. The number of benzene rings is 1.